The SMILES string of the molecule is CSCCNS(=O)(=O)c1c(C)cc(N)cc1C. The van der Waals surface area contributed by atoms with Crippen molar-refractivity contribution in [3.63, 3.8) is 0 Å². The fourth-order valence-electron chi connectivity index (χ4n) is 1.76. The van der Waals surface area contributed by atoms with Gasteiger partial charge in [0.2, 0.25) is 10.0 Å². The first-order valence-corrected chi connectivity index (χ1v) is 8.11. The van der Waals surface area contributed by atoms with Gasteiger partial charge in [-0.15, -0.1) is 0 Å². The highest BCUT2D eigenvalue weighted by atomic mass is 32.2. The summed E-state index contributed by atoms with van der Waals surface area (Å²) in [5, 5.41) is 0. The van der Waals surface area contributed by atoms with Crippen molar-refractivity contribution < 1.29 is 8.42 Å². The first-order valence-electron chi connectivity index (χ1n) is 5.24. The summed E-state index contributed by atoms with van der Waals surface area (Å²) >= 11 is 1.60. The van der Waals surface area contributed by atoms with Gasteiger partial charge in [-0.05, 0) is 43.4 Å². The number of benzene rings is 1. The normalized spacial score (nSPS) is 11.7. The Labute approximate surface area is 107 Å². The Bertz CT molecular complexity index is 475. The second kappa shape index (κ2) is 5.75. The highest BCUT2D eigenvalue weighted by Gasteiger charge is 2.19. The zero-order valence-electron chi connectivity index (χ0n) is 10.3. The maximum Gasteiger partial charge on any atom is 0.241 e. The van der Waals surface area contributed by atoms with Gasteiger partial charge in [0.05, 0.1) is 4.90 Å². The molecule has 0 aromatic heterocycles. The minimum atomic E-state index is -3.43. The van der Waals surface area contributed by atoms with Gasteiger partial charge in [0.25, 0.3) is 0 Å². The Kier molecular flexibility index (Phi) is 4.85. The molecule has 0 unspecified atom stereocenters. The molecule has 4 nitrogen and oxygen atoms in total. The second-order valence-corrected chi connectivity index (χ2v) is 6.56. The van der Waals surface area contributed by atoms with Crippen LogP contribution in [-0.2, 0) is 10.0 Å². The van der Waals surface area contributed by atoms with Gasteiger partial charge < -0.3 is 5.73 Å². The third-order valence-corrected chi connectivity index (χ3v) is 4.73. The topological polar surface area (TPSA) is 72.2 Å². The molecule has 0 aliphatic heterocycles. The smallest absolute Gasteiger partial charge is 0.241 e. The van der Waals surface area contributed by atoms with E-state index in [4.69, 9.17) is 5.73 Å². The quantitative estimate of drug-likeness (QED) is 0.631. The molecule has 0 atom stereocenters. The summed E-state index contributed by atoms with van der Waals surface area (Å²) in [6.07, 6.45) is 1.94. The summed E-state index contributed by atoms with van der Waals surface area (Å²) < 4.78 is 26.8. The first-order chi connectivity index (χ1) is 7.88. The fraction of sp³-hybridized carbons (Fsp3) is 0.455. The molecule has 0 spiro atoms. The maximum atomic E-state index is 12.1. The van der Waals surface area contributed by atoms with Crippen molar-refractivity contribution in [2.24, 2.45) is 0 Å². The summed E-state index contributed by atoms with van der Waals surface area (Å²) in [4.78, 5) is 0.341. The van der Waals surface area contributed by atoms with Crippen molar-refractivity contribution in [1.29, 1.82) is 0 Å². The van der Waals surface area contributed by atoms with Crippen LogP contribution >= 0.6 is 11.8 Å². The third kappa shape index (κ3) is 3.62. The third-order valence-electron chi connectivity index (χ3n) is 2.35. The number of nitrogens with one attached hydrogen (secondary N) is 1. The molecule has 0 saturated heterocycles. The molecule has 0 saturated carbocycles. The van der Waals surface area contributed by atoms with Gasteiger partial charge >= 0.3 is 0 Å². The number of thioether (sulfide) groups is 1. The van der Waals surface area contributed by atoms with Crippen molar-refractivity contribution in [2.45, 2.75) is 18.7 Å². The lowest BCUT2D eigenvalue weighted by molar-refractivity contribution is 0.583. The van der Waals surface area contributed by atoms with E-state index in [-0.39, 0.29) is 0 Å². The monoisotopic (exact) mass is 274 g/mol. The molecule has 1 rings (SSSR count). The van der Waals surface area contributed by atoms with Crippen LogP contribution < -0.4 is 10.5 Å². The van der Waals surface area contributed by atoms with E-state index >= 15 is 0 Å². The summed E-state index contributed by atoms with van der Waals surface area (Å²) in [7, 11) is -3.43. The molecule has 0 aliphatic rings. The summed E-state index contributed by atoms with van der Waals surface area (Å²) in [6.45, 7) is 3.95. The highest BCUT2D eigenvalue weighted by molar-refractivity contribution is 7.98. The van der Waals surface area contributed by atoms with Crippen LogP contribution in [0.15, 0.2) is 17.0 Å². The van der Waals surface area contributed by atoms with E-state index in [1.165, 1.54) is 0 Å². The van der Waals surface area contributed by atoms with Gasteiger partial charge in [0.1, 0.15) is 0 Å². The van der Waals surface area contributed by atoms with E-state index in [9.17, 15) is 8.42 Å². The molecule has 1 aromatic carbocycles. The maximum absolute atomic E-state index is 12.1. The Hall–Kier alpha value is -0.720. The van der Waals surface area contributed by atoms with E-state index in [0.717, 1.165) is 5.75 Å². The van der Waals surface area contributed by atoms with Crippen molar-refractivity contribution >= 4 is 27.5 Å². The molecule has 96 valence electrons. The molecule has 0 amide bonds. The minimum absolute atomic E-state index is 0.341. The van der Waals surface area contributed by atoms with Crippen LogP contribution in [0.3, 0.4) is 0 Å². The largest absolute Gasteiger partial charge is 0.399 e. The summed E-state index contributed by atoms with van der Waals surface area (Å²) in [5.41, 5.74) is 7.62. The van der Waals surface area contributed by atoms with Gasteiger partial charge in [-0.2, -0.15) is 11.8 Å². The first kappa shape index (κ1) is 14.3. The Morgan fingerprint density at radius 3 is 2.29 bits per heavy atom. The summed E-state index contributed by atoms with van der Waals surface area (Å²) in [5.74, 6) is 0.756. The number of hydrogen-bond donors (Lipinski definition) is 2. The second-order valence-electron chi connectivity index (χ2n) is 3.87. The molecular weight excluding hydrogens is 256 g/mol. The van der Waals surface area contributed by atoms with Gasteiger partial charge in [-0.3, -0.25) is 0 Å². The molecule has 0 aliphatic carbocycles. The number of nitrogens with two attached hydrogens (primary N) is 1. The number of anilines is 1. The lowest BCUT2D eigenvalue weighted by atomic mass is 10.1. The van der Waals surface area contributed by atoms with Gasteiger partial charge in [0.15, 0.2) is 0 Å². The van der Waals surface area contributed by atoms with E-state index in [1.807, 2.05) is 6.26 Å². The van der Waals surface area contributed by atoms with E-state index in [2.05, 4.69) is 4.72 Å². The molecule has 17 heavy (non-hydrogen) atoms. The molecule has 0 heterocycles. The molecule has 6 heteroatoms. The zero-order chi connectivity index (χ0) is 13.1. The predicted molar refractivity (Wildman–Crippen MR) is 73.9 cm³/mol. The van der Waals surface area contributed by atoms with E-state index in [1.54, 1.807) is 37.7 Å². The Balaban J connectivity index is 3.07. The van der Waals surface area contributed by atoms with Crippen LogP contribution in [0.1, 0.15) is 11.1 Å². The van der Waals surface area contributed by atoms with Crippen LogP contribution in [0.25, 0.3) is 0 Å². The van der Waals surface area contributed by atoms with Crippen molar-refractivity contribution in [3.05, 3.63) is 23.3 Å². The zero-order valence-corrected chi connectivity index (χ0v) is 11.9. The molecule has 0 bridgehead atoms. The van der Waals surface area contributed by atoms with Crippen LogP contribution in [0.4, 0.5) is 5.69 Å². The lowest BCUT2D eigenvalue weighted by Gasteiger charge is -2.12. The molecule has 1 aromatic rings. The minimum Gasteiger partial charge on any atom is -0.399 e. The van der Waals surface area contributed by atoms with Gasteiger partial charge in [-0.1, -0.05) is 0 Å². The lowest BCUT2D eigenvalue weighted by Crippen LogP contribution is -2.27. The molecular formula is C11H18N2O2S2. The fourth-order valence-corrected chi connectivity index (χ4v) is 3.67. The molecule has 0 fully saturated rings. The Morgan fingerprint density at radius 2 is 1.82 bits per heavy atom. The average Bonchev–Trinajstić information content (AvgIpc) is 2.15. The van der Waals surface area contributed by atoms with Crippen molar-refractivity contribution in [1.82, 2.24) is 4.72 Å². The number of nitrogen functional groups attached to an aromatic ring is 1. The van der Waals surface area contributed by atoms with Crippen molar-refractivity contribution in [3.8, 4) is 0 Å². The number of aryl methyl sites for hydroxylation is 2. The van der Waals surface area contributed by atoms with Crippen molar-refractivity contribution in [2.75, 3.05) is 24.3 Å². The number of sulfonamides is 1. The Morgan fingerprint density at radius 1 is 1.29 bits per heavy atom. The van der Waals surface area contributed by atoms with Crippen LogP contribution in [-0.4, -0.2) is 27.0 Å². The van der Waals surface area contributed by atoms with E-state index in [0.29, 0.717) is 28.3 Å². The van der Waals surface area contributed by atoms with Crippen LogP contribution in [0, 0.1) is 13.8 Å². The summed E-state index contributed by atoms with van der Waals surface area (Å²) in [6, 6.07) is 3.35. The highest BCUT2D eigenvalue weighted by Crippen LogP contribution is 2.22. The predicted octanol–water partition coefficient (Wildman–Crippen LogP) is 1.53. The molecule has 0 radical (unpaired) electrons. The average molecular weight is 274 g/mol. The molecule has 3 N–H and O–H groups in total. The van der Waals surface area contributed by atoms with Crippen LogP contribution in [0.5, 0.6) is 0 Å². The van der Waals surface area contributed by atoms with E-state index < -0.39 is 10.0 Å². The number of rotatable bonds is 5. The van der Waals surface area contributed by atoms with Crippen LogP contribution in [0.2, 0.25) is 0 Å². The standard InChI is InChI=1S/C11H18N2O2S2/c1-8-6-10(12)7-9(2)11(8)17(14,15)13-4-5-16-3/h6-7,13H,4-5,12H2,1-3H3. The van der Waals surface area contributed by atoms with Gasteiger partial charge in [0, 0.05) is 18.0 Å². The van der Waals surface area contributed by atoms with Gasteiger partial charge in [-0.25, -0.2) is 13.1 Å². The number of hydrogen-bond acceptors (Lipinski definition) is 4.